The van der Waals surface area contributed by atoms with Crippen LogP contribution in [0.1, 0.15) is 44.4 Å². The van der Waals surface area contributed by atoms with Crippen molar-refractivity contribution in [1.29, 1.82) is 0 Å². The molecule has 1 aromatic rings. The molecule has 1 saturated heterocycles. The number of aromatic nitrogens is 3. The van der Waals surface area contributed by atoms with Gasteiger partial charge in [-0.3, -0.25) is 9.58 Å². The molecule has 1 fully saturated rings. The first-order chi connectivity index (χ1) is 8.09. The minimum Gasteiger partial charge on any atom is -0.314 e. The molecule has 1 unspecified atom stereocenters. The highest BCUT2D eigenvalue weighted by Crippen LogP contribution is 2.20. The summed E-state index contributed by atoms with van der Waals surface area (Å²) in [5, 5.41) is 7.86. The Morgan fingerprint density at radius 1 is 1.18 bits per heavy atom. The smallest absolute Gasteiger partial charge is 0.153 e. The van der Waals surface area contributed by atoms with Gasteiger partial charge in [-0.2, -0.15) is 5.10 Å². The van der Waals surface area contributed by atoms with Crippen molar-refractivity contribution in [2.75, 3.05) is 26.2 Å². The summed E-state index contributed by atoms with van der Waals surface area (Å²) in [6.45, 7) is 10.8. The molecule has 0 spiro atoms. The molecule has 1 aliphatic heterocycles. The summed E-state index contributed by atoms with van der Waals surface area (Å²) in [5.74, 6) is 2.42. The van der Waals surface area contributed by atoms with Crippen LogP contribution in [0, 0.1) is 0 Å². The quantitative estimate of drug-likeness (QED) is 0.848. The zero-order valence-electron chi connectivity index (χ0n) is 11.3. The lowest BCUT2D eigenvalue weighted by atomic mass is 10.2. The van der Waals surface area contributed by atoms with E-state index < -0.39 is 0 Å². The Hall–Kier alpha value is -0.940. The molecule has 17 heavy (non-hydrogen) atoms. The predicted molar refractivity (Wildman–Crippen MR) is 67.9 cm³/mol. The van der Waals surface area contributed by atoms with Crippen LogP contribution >= 0.6 is 0 Å². The van der Waals surface area contributed by atoms with Crippen LogP contribution in [0.15, 0.2) is 0 Å². The largest absolute Gasteiger partial charge is 0.314 e. The summed E-state index contributed by atoms with van der Waals surface area (Å²) >= 11 is 0. The molecule has 5 nitrogen and oxygen atoms in total. The van der Waals surface area contributed by atoms with Crippen molar-refractivity contribution in [3.63, 3.8) is 0 Å². The maximum absolute atomic E-state index is 4.67. The molecule has 1 N–H and O–H groups in total. The average molecular weight is 237 g/mol. The second-order valence-electron chi connectivity index (χ2n) is 5.07. The van der Waals surface area contributed by atoms with E-state index >= 15 is 0 Å². The number of rotatable bonds is 3. The van der Waals surface area contributed by atoms with E-state index in [1.807, 2.05) is 11.7 Å². The van der Waals surface area contributed by atoms with Crippen molar-refractivity contribution in [3.05, 3.63) is 11.6 Å². The summed E-state index contributed by atoms with van der Waals surface area (Å²) in [7, 11) is 1.99. The van der Waals surface area contributed by atoms with E-state index in [1.165, 1.54) is 0 Å². The summed E-state index contributed by atoms with van der Waals surface area (Å²) < 4.78 is 1.93. The number of nitrogens with one attached hydrogen (secondary N) is 1. The molecule has 0 saturated carbocycles. The first-order valence-electron chi connectivity index (χ1n) is 6.45. The third kappa shape index (κ3) is 2.66. The van der Waals surface area contributed by atoms with E-state index in [-0.39, 0.29) is 0 Å². The Kier molecular flexibility index (Phi) is 3.79. The van der Waals surface area contributed by atoms with Gasteiger partial charge in [0.1, 0.15) is 5.82 Å². The normalized spacial score (nSPS) is 19.8. The van der Waals surface area contributed by atoms with Crippen molar-refractivity contribution >= 4 is 0 Å². The molecule has 0 radical (unpaired) electrons. The Bertz CT molecular complexity index is 365. The van der Waals surface area contributed by atoms with E-state index in [0.29, 0.717) is 12.0 Å². The molecule has 1 aromatic heterocycles. The highest BCUT2D eigenvalue weighted by Gasteiger charge is 2.23. The number of piperazine rings is 1. The predicted octanol–water partition coefficient (Wildman–Crippen LogP) is 0.905. The second-order valence-corrected chi connectivity index (χ2v) is 5.07. The van der Waals surface area contributed by atoms with Crippen molar-refractivity contribution in [1.82, 2.24) is 25.0 Å². The Morgan fingerprint density at radius 3 is 2.35 bits per heavy atom. The van der Waals surface area contributed by atoms with Gasteiger partial charge in [-0.1, -0.05) is 13.8 Å². The van der Waals surface area contributed by atoms with Crippen LogP contribution in [0.3, 0.4) is 0 Å². The molecule has 1 atom stereocenters. The summed E-state index contributed by atoms with van der Waals surface area (Å²) in [4.78, 5) is 7.14. The number of hydrogen-bond donors (Lipinski definition) is 1. The fourth-order valence-electron chi connectivity index (χ4n) is 2.26. The molecular formula is C12H23N5. The molecule has 2 heterocycles. The lowest BCUT2D eigenvalue weighted by Crippen LogP contribution is -2.44. The monoisotopic (exact) mass is 237 g/mol. The fourth-order valence-corrected chi connectivity index (χ4v) is 2.26. The molecule has 96 valence electrons. The first-order valence-corrected chi connectivity index (χ1v) is 6.45. The zero-order valence-corrected chi connectivity index (χ0v) is 11.3. The van der Waals surface area contributed by atoms with E-state index in [0.717, 1.165) is 37.8 Å². The van der Waals surface area contributed by atoms with Crippen LogP contribution in [-0.4, -0.2) is 45.8 Å². The molecule has 0 bridgehead atoms. The maximum Gasteiger partial charge on any atom is 0.153 e. The van der Waals surface area contributed by atoms with Gasteiger partial charge < -0.3 is 5.32 Å². The van der Waals surface area contributed by atoms with Gasteiger partial charge >= 0.3 is 0 Å². The maximum atomic E-state index is 4.67. The van der Waals surface area contributed by atoms with Gasteiger partial charge in [0, 0.05) is 39.1 Å². The van der Waals surface area contributed by atoms with Gasteiger partial charge in [-0.05, 0) is 6.92 Å². The van der Waals surface area contributed by atoms with E-state index in [4.69, 9.17) is 0 Å². The van der Waals surface area contributed by atoms with Crippen LogP contribution in [0.4, 0.5) is 0 Å². The van der Waals surface area contributed by atoms with Crippen LogP contribution in [0.2, 0.25) is 0 Å². The Balaban J connectivity index is 2.14. The molecule has 2 rings (SSSR count). The van der Waals surface area contributed by atoms with Crippen molar-refractivity contribution in [2.45, 2.75) is 32.7 Å². The molecule has 1 aliphatic rings. The molecule has 5 heteroatoms. The van der Waals surface area contributed by atoms with Crippen molar-refractivity contribution in [2.24, 2.45) is 7.05 Å². The third-order valence-corrected chi connectivity index (χ3v) is 3.40. The minimum absolute atomic E-state index is 0.349. The molecule has 0 amide bonds. The van der Waals surface area contributed by atoms with Gasteiger partial charge in [0.15, 0.2) is 5.82 Å². The van der Waals surface area contributed by atoms with E-state index in [1.54, 1.807) is 0 Å². The second kappa shape index (κ2) is 5.14. The summed E-state index contributed by atoms with van der Waals surface area (Å²) in [6.07, 6.45) is 0. The fraction of sp³-hybridized carbons (Fsp3) is 0.833. The summed E-state index contributed by atoms with van der Waals surface area (Å²) in [5.41, 5.74) is 0. The topological polar surface area (TPSA) is 46.0 Å². The summed E-state index contributed by atoms with van der Waals surface area (Å²) in [6, 6.07) is 0.349. The number of hydrogen-bond acceptors (Lipinski definition) is 4. The number of aryl methyl sites for hydroxylation is 1. The van der Waals surface area contributed by atoms with Crippen LogP contribution < -0.4 is 5.32 Å². The zero-order chi connectivity index (χ0) is 12.4. The van der Waals surface area contributed by atoms with E-state index in [9.17, 15) is 0 Å². The van der Waals surface area contributed by atoms with Crippen LogP contribution in [0.25, 0.3) is 0 Å². The number of nitrogens with zero attached hydrogens (tertiary/aromatic N) is 4. The van der Waals surface area contributed by atoms with Crippen molar-refractivity contribution < 1.29 is 0 Å². The highest BCUT2D eigenvalue weighted by molar-refractivity contribution is 5.01. The highest BCUT2D eigenvalue weighted by atomic mass is 15.4. The average Bonchev–Trinajstić information content (AvgIpc) is 2.72. The van der Waals surface area contributed by atoms with Gasteiger partial charge in [0.05, 0.1) is 6.04 Å². The van der Waals surface area contributed by atoms with Crippen LogP contribution in [0.5, 0.6) is 0 Å². The van der Waals surface area contributed by atoms with Crippen LogP contribution in [-0.2, 0) is 7.05 Å². The SMILES string of the molecule is CC(C)c1nc(C(C)N2CCNCC2)n(C)n1. The van der Waals surface area contributed by atoms with Gasteiger partial charge in [-0.25, -0.2) is 4.98 Å². The Labute approximate surface area is 103 Å². The van der Waals surface area contributed by atoms with Crippen molar-refractivity contribution in [3.8, 4) is 0 Å². The lowest BCUT2D eigenvalue weighted by Gasteiger charge is -2.31. The molecule has 0 aliphatic carbocycles. The standard InChI is InChI=1S/C12H23N5/c1-9(2)11-14-12(16(4)15-11)10(3)17-7-5-13-6-8-17/h9-10,13H,5-8H2,1-4H3. The Morgan fingerprint density at radius 2 is 1.82 bits per heavy atom. The van der Waals surface area contributed by atoms with Gasteiger partial charge in [-0.15, -0.1) is 0 Å². The first kappa shape index (κ1) is 12.5. The van der Waals surface area contributed by atoms with Gasteiger partial charge in [0.2, 0.25) is 0 Å². The third-order valence-electron chi connectivity index (χ3n) is 3.40. The lowest BCUT2D eigenvalue weighted by molar-refractivity contribution is 0.176. The molecule has 0 aromatic carbocycles. The minimum atomic E-state index is 0.349. The van der Waals surface area contributed by atoms with Gasteiger partial charge in [0.25, 0.3) is 0 Å². The molecular weight excluding hydrogens is 214 g/mol. The van der Waals surface area contributed by atoms with E-state index in [2.05, 4.69) is 41.1 Å².